The Kier molecular flexibility index (Phi) is 9.74. The maximum absolute atomic E-state index is 12.8. The van der Waals surface area contributed by atoms with E-state index in [9.17, 15) is 4.39 Å². The molecule has 1 aromatic carbocycles. The quantitative estimate of drug-likeness (QED) is 0.304. The van der Waals surface area contributed by atoms with Gasteiger partial charge in [0.2, 0.25) is 0 Å². The van der Waals surface area contributed by atoms with Gasteiger partial charge in [-0.25, -0.2) is 4.39 Å². The molecule has 0 aliphatic rings. The zero-order valence-electron chi connectivity index (χ0n) is 12.7. The number of halogens is 2. The van der Waals surface area contributed by atoms with Crippen LogP contribution in [0.15, 0.2) is 24.3 Å². The van der Waals surface area contributed by atoms with Gasteiger partial charge in [-0.15, -0.1) is 11.6 Å². The Morgan fingerprint density at radius 1 is 0.850 bits per heavy atom. The Labute approximate surface area is 128 Å². The summed E-state index contributed by atoms with van der Waals surface area (Å²) in [5.74, 6) is -0.194. The highest BCUT2D eigenvalue weighted by atomic mass is 35.5. The van der Waals surface area contributed by atoms with Gasteiger partial charge in [0.05, 0.1) is 5.38 Å². The number of hydrogen-bond donors (Lipinski definition) is 0. The van der Waals surface area contributed by atoms with Gasteiger partial charge in [0.1, 0.15) is 5.82 Å². The summed E-state index contributed by atoms with van der Waals surface area (Å²) in [4.78, 5) is 0. The Bertz CT molecular complexity index is 334. The van der Waals surface area contributed by atoms with Crippen molar-refractivity contribution in [2.24, 2.45) is 0 Å². The van der Waals surface area contributed by atoms with Crippen LogP contribution < -0.4 is 0 Å². The highest BCUT2D eigenvalue weighted by molar-refractivity contribution is 6.20. The molecule has 0 radical (unpaired) electrons. The zero-order chi connectivity index (χ0) is 14.6. The third-order valence-electron chi connectivity index (χ3n) is 3.79. The second-order valence-electron chi connectivity index (χ2n) is 5.64. The first-order valence-electron chi connectivity index (χ1n) is 8.13. The van der Waals surface area contributed by atoms with Crippen LogP contribution in [-0.2, 0) is 0 Å². The van der Waals surface area contributed by atoms with Gasteiger partial charge in [0, 0.05) is 0 Å². The van der Waals surface area contributed by atoms with Gasteiger partial charge in [-0.2, -0.15) is 0 Å². The molecule has 0 aliphatic heterocycles. The van der Waals surface area contributed by atoms with E-state index in [1.807, 2.05) is 0 Å². The van der Waals surface area contributed by atoms with E-state index in [-0.39, 0.29) is 11.2 Å². The summed E-state index contributed by atoms with van der Waals surface area (Å²) in [7, 11) is 0. The summed E-state index contributed by atoms with van der Waals surface area (Å²) in [6.45, 7) is 2.25. The summed E-state index contributed by atoms with van der Waals surface area (Å²) < 4.78 is 12.8. The lowest BCUT2D eigenvalue weighted by Gasteiger charge is -2.09. The third-order valence-corrected chi connectivity index (χ3v) is 4.26. The van der Waals surface area contributed by atoms with Crippen molar-refractivity contribution in [1.29, 1.82) is 0 Å². The Morgan fingerprint density at radius 3 is 1.90 bits per heavy atom. The molecule has 0 N–H and O–H groups in total. The Hall–Kier alpha value is -0.560. The fourth-order valence-corrected chi connectivity index (χ4v) is 2.77. The van der Waals surface area contributed by atoms with E-state index < -0.39 is 0 Å². The standard InChI is InChI=1S/C18H28ClF/c1-2-3-4-5-6-7-8-9-10-11-18(19)16-12-14-17(20)15-13-16/h12-15,18H,2-11H2,1H3. The summed E-state index contributed by atoms with van der Waals surface area (Å²) in [6, 6.07) is 6.56. The molecule has 0 amide bonds. The second kappa shape index (κ2) is 11.1. The largest absolute Gasteiger partial charge is 0.207 e. The number of unbranched alkanes of at least 4 members (excludes halogenated alkanes) is 8. The summed E-state index contributed by atoms with van der Waals surface area (Å²) in [5.41, 5.74) is 1.03. The number of alkyl halides is 1. The van der Waals surface area contributed by atoms with E-state index >= 15 is 0 Å². The first-order valence-corrected chi connectivity index (χ1v) is 8.57. The minimum absolute atomic E-state index is 0.0279. The molecule has 1 aromatic rings. The molecule has 2 heteroatoms. The van der Waals surface area contributed by atoms with Crippen molar-refractivity contribution in [3.8, 4) is 0 Å². The molecule has 20 heavy (non-hydrogen) atoms. The number of benzene rings is 1. The van der Waals surface area contributed by atoms with Crippen LogP contribution in [0.5, 0.6) is 0 Å². The summed E-state index contributed by atoms with van der Waals surface area (Å²) >= 11 is 6.33. The van der Waals surface area contributed by atoms with Gasteiger partial charge in [0.25, 0.3) is 0 Å². The van der Waals surface area contributed by atoms with Crippen LogP contribution in [0, 0.1) is 5.82 Å². The average Bonchev–Trinajstić information content (AvgIpc) is 2.46. The van der Waals surface area contributed by atoms with E-state index in [2.05, 4.69) is 6.92 Å². The van der Waals surface area contributed by atoms with Crippen LogP contribution in [0.1, 0.15) is 82.1 Å². The zero-order valence-corrected chi connectivity index (χ0v) is 13.5. The molecule has 1 atom stereocenters. The van der Waals surface area contributed by atoms with E-state index in [0.29, 0.717) is 0 Å². The first kappa shape index (κ1) is 17.5. The van der Waals surface area contributed by atoms with Crippen LogP contribution in [0.2, 0.25) is 0 Å². The lowest BCUT2D eigenvalue weighted by molar-refractivity contribution is 0.554. The molecule has 114 valence electrons. The lowest BCUT2D eigenvalue weighted by atomic mass is 10.0. The van der Waals surface area contributed by atoms with Crippen molar-refractivity contribution in [3.05, 3.63) is 35.6 Å². The van der Waals surface area contributed by atoms with Crippen molar-refractivity contribution in [3.63, 3.8) is 0 Å². The molecule has 1 rings (SSSR count). The smallest absolute Gasteiger partial charge is 0.123 e. The average molecular weight is 299 g/mol. The van der Waals surface area contributed by atoms with Gasteiger partial charge in [0.15, 0.2) is 0 Å². The highest BCUT2D eigenvalue weighted by Gasteiger charge is 2.07. The molecule has 0 nitrogen and oxygen atoms in total. The molecular formula is C18H28ClF. The predicted molar refractivity (Wildman–Crippen MR) is 86.8 cm³/mol. The molecule has 0 bridgehead atoms. The van der Waals surface area contributed by atoms with Gasteiger partial charge in [-0.3, -0.25) is 0 Å². The Morgan fingerprint density at radius 2 is 1.35 bits per heavy atom. The number of hydrogen-bond acceptors (Lipinski definition) is 0. The molecule has 0 spiro atoms. The molecule has 0 saturated heterocycles. The van der Waals surface area contributed by atoms with Crippen molar-refractivity contribution >= 4 is 11.6 Å². The van der Waals surface area contributed by atoms with Gasteiger partial charge in [-0.1, -0.05) is 76.8 Å². The van der Waals surface area contributed by atoms with E-state index in [0.717, 1.165) is 12.0 Å². The Balaban J connectivity index is 1.99. The van der Waals surface area contributed by atoms with Crippen molar-refractivity contribution in [2.75, 3.05) is 0 Å². The summed E-state index contributed by atoms with van der Waals surface area (Å²) in [6.07, 6.45) is 13.0. The van der Waals surface area contributed by atoms with Crippen molar-refractivity contribution in [2.45, 2.75) is 76.5 Å². The molecule has 1 unspecified atom stereocenters. The molecule has 0 aliphatic carbocycles. The van der Waals surface area contributed by atoms with Crippen LogP contribution in [-0.4, -0.2) is 0 Å². The monoisotopic (exact) mass is 298 g/mol. The van der Waals surface area contributed by atoms with E-state index in [4.69, 9.17) is 11.6 Å². The highest BCUT2D eigenvalue weighted by Crippen LogP contribution is 2.26. The molecular weight excluding hydrogens is 271 g/mol. The predicted octanol–water partition coefficient (Wildman–Crippen LogP) is 7.03. The van der Waals surface area contributed by atoms with Crippen molar-refractivity contribution < 1.29 is 4.39 Å². The fourth-order valence-electron chi connectivity index (χ4n) is 2.47. The normalized spacial score (nSPS) is 12.6. The fraction of sp³-hybridized carbons (Fsp3) is 0.667. The van der Waals surface area contributed by atoms with E-state index in [1.54, 1.807) is 12.1 Å². The molecule has 0 aromatic heterocycles. The van der Waals surface area contributed by atoms with Gasteiger partial charge >= 0.3 is 0 Å². The third kappa shape index (κ3) is 7.89. The van der Waals surface area contributed by atoms with Gasteiger partial charge in [-0.05, 0) is 24.1 Å². The number of rotatable bonds is 11. The first-order chi connectivity index (χ1) is 9.74. The maximum atomic E-state index is 12.8. The van der Waals surface area contributed by atoms with Gasteiger partial charge < -0.3 is 0 Å². The SMILES string of the molecule is CCCCCCCCCCCC(Cl)c1ccc(F)cc1. The summed E-state index contributed by atoms with van der Waals surface area (Å²) in [5, 5.41) is 0.0279. The second-order valence-corrected chi connectivity index (χ2v) is 6.16. The maximum Gasteiger partial charge on any atom is 0.123 e. The lowest BCUT2D eigenvalue weighted by Crippen LogP contribution is -1.91. The molecule has 0 saturated carbocycles. The van der Waals surface area contributed by atoms with Crippen molar-refractivity contribution in [1.82, 2.24) is 0 Å². The molecule has 0 heterocycles. The minimum Gasteiger partial charge on any atom is -0.207 e. The van der Waals surface area contributed by atoms with Crippen LogP contribution >= 0.6 is 11.6 Å². The minimum atomic E-state index is -0.194. The van der Waals surface area contributed by atoms with E-state index in [1.165, 1.54) is 69.9 Å². The van der Waals surface area contributed by atoms with Crippen LogP contribution in [0.4, 0.5) is 4.39 Å². The van der Waals surface area contributed by atoms with Crippen LogP contribution in [0.25, 0.3) is 0 Å². The molecule has 0 fully saturated rings. The van der Waals surface area contributed by atoms with Crippen LogP contribution in [0.3, 0.4) is 0 Å². The topological polar surface area (TPSA) is 0 Å².